The van der Waals surface area contributed by atoms with Crippen molar-refractivity contribution in [3.63, 3.8) is 0 Å². The lowest BCUT2D eigenvalue weighted by Gasteiger charge is -2.35. The number of carbonyl (C=O) groups is 2. The van der Waals surface area contributed by atoms with E-state index in [-0.39, 0.29) is 35.6 Å². The number of halogens is 1. The predicted octanol–water partition coefficient (Wildman–Crippen LogP) is 1.97. The van der Waals surface area contributed by atoms with Crippen molar-refractivity contribution in [3.8, 4) is 0 Å². The molecular formula is C15H19FN2O3. The lowest BCUT2D eigenvalue weighted by atomic mass is 9.98. The highest BCUT2D eigenvalue weighted by molar-refractivity contribution is 5.99. The van der Waals surface area contributed by atoms with Gasteiger partial charge in [0, 0.05) is 12.6 Å². The maximum atomic E-state index is 13.5. The zero-order valence-electron chi connectivity index (χ0n) is 12.0. The number of methoxy groups -OCH3 is 1. The summed E-state index contributed by atoms with van der Waals surface area (Å²) in [6, 6.07) is 3.96. The van der Waals surface area contributed by atoms with Crippen LogP contribution in [-0.4, -0.2) is 36.5 Å². The molecule has 0 aliphatic carbocycles. The van der Waals surface area contributed by atoms with E-state index < -0.39 is 5.82 Å². The first-order valence-corrected chi connectivity index (χ1v) is 6.96. The second-order valence-electron chi connectivity index (χ2n) is 5.13. The molecule has 1 aromatic carbocycles. The number of hydrogen-bond donors (Lipinski definition) is 1. The molecule has 1 saturated heterocycles. The molecule has 0 spiro atoms. The summed E-state index contributed by atoms with van der Waals surface area (Å²) in [5.41, 5.74) is 5.65. The third-order valence-corrected chi connectivity index (χ3v) is 3.80. The van der Waals surface area contributed by atoms with Crippen LogP contribution in [0.5, 0.6) is 0 Å². The summed E-state index contributed by atoms with van der Waals surface area (Å²) < 4.78 is 18.2. The summed E-state index contributed by atoms with van der Waals surface area (Å²) in [6.45, 7) is 0.538. The standard InChI is InChI=1S/C15H19FN2O3/c1-21-13(19)9-10-5-2-3-8-18(10)15(20)11-6-4-7-12(16)14(11)17/h4,6-7,10H,2-3,5,8-9,17H2,1H3. The average Bonchev–Trinajstić information content (AvgIpc) is 2.50. The van der Waals surface area contributed by atoms with Crippen molar-refractivity contribution in [3.05, 3.63) is 29.6 Å². The number of nitrogens with zero attached hydrogens (tertiary/aromatic N) is 1. The first-order valence-electron chi connectivity index (χ1n) is 6.96. The number of piperidine rings is 1. The molecule has 2 N–H and O–H groups in total. The van der Waals surface area contributed by atoms with Gasteiger partial charge in [-0.25, -0.2) is 4.39 Å². The van der Waals surface area contributed by atoms with Crippen LogP contribution in [0.1, 0.15) is 36.0 Å². The number of para-hydroxylation sites is 1. The number of hydrogen-bond acceptors (Lipinski definition) is 4. The molecule has 6 heteroatoms. The molecule has 1 heterocycles. The third kappa shape index (κ3) is 3.32. The first-order chi connectivity index (χ1) is 10.0. The van der Waals surface area contributed by atoms with Gasteiger partial charge in [0.05, 0.1) is 24.8 Å². The molecule has 0 bridgehead atoms. The highest BCUT2D eigenvalue weighted by Gasteiger charge is 2.30. The SMILES string of the molecule is COC(=O)CC1CCCCN1C(=O)c1cccc(F)c1N. The van der Waals surface area contributed by atoms with Crippen LogP contribution in [0.3, 0.4) is 0 Å². The monoisotopic (exact) mass is 294 g/mol. The number of ether oxygens (including phenoxy) is 1. The number of carbonyl (C=O) groups excluding carboxylic acids is 2. The van der Waals surface area contributed by atoms with E-state index >= 15 is 0 Å². The molecule has 1 aromatic rings. The summed E-state index contributed by atoms with van der Waals surface area (Å²) in [5, 5.41) is 0. The second-order valence-corrected chi connectivity index (χ2v) is 5.13. The third-order valence-electron chi connectivity index (χ3n) is 3.80. The van der Waals surface area contributed by atoms with Gasteiger partial charge in [-0.2, -0.15) is 0 Å². The smallest absolute Gasteiger partial charge is 0.307 e. The van der Waals surface area contributed by atoms with Gasteiger partial charge in [-0.05, 0) is 31.4 Å². The molecule has 114 valence electrons. The van der Waals surface area contributed by atoms with Gasteiger partial charge < -0.3 is 15.4 Å². The van der Waals surface area contributed by atoms with E-state index in [4.69, 9.17) is 5.73 Å². The van der Waals surface area contributed by atoms with Crippen LogP contribution in [0.25, 0.3) is 0 Å². The Hall–Kier alpha value is -2.11. The minimum absolute atomic E-state index is 0.145. The number of nitrogens with two attached hydrogens (primary N) is 1. The van der Waals surface area contributed by atoms with Crippen molar-refractivity contribution in [1.82, 2.24) is 4.90 Å². The van der Waals surface area contributed by atoms with Gasteiger partial charge in [-0.1, -0.05) is 6.07 Å². The zero-order chi connectivity index (χ0) is 15.4. The first kappa shape index (κ1) is 15.3. The molecule has 1 atom stereocenters. The largest absolute Gasteiger partial charge is 0.469 e. The number of amides is 1. The van der Waals surface area contributed by atoms with Gasteiger partial charge in [0.15, 0.2) is 0 Å². The fraction of sp³-hybridized carbons (Fsp3) is 0.467. The number of likely N-dealkylation sites (tertiary alicyclic amines) is 1. The van der Waals surface area contributed by atoms with E-state index in [1.54, 1.807) is 4.90 Å². The van der Waals surface area contributed by atoms with E-state index in [1.807, 2.05) is 0 Å². The van der Waals surface area contributed by atoms with Gasteiger partial charge in [-0.3, -0.25) is 9.59 Å². The van der Waals surface area contributed by atoms with E-state index in [2.05, 4.69) is 4.74 Å². The summed E-state index contributed by atoms with van der Waals surface area (Å²) in [4.78, 5) is 25.6. The van der Waals surface area contributed by atoms with E-state index in [9.17, 15) is 14.0 Å². The molecule has 21 heavy (non-hydrogen) atoms. The molecule has 0 radical (unpaired) electrons. The van der Waals surface area contributed by atoms with Gasteiger partial charge in [0.2, 0.25) is 0 Å². The van der Waals surface area contributed by atoms with Crippen LogP contribution in [0.15, 0.2) is 18.2 Å². The molecule has 0 aromatic heterocycles. The average molecular weight is 294 g/mol. The van der Waals surface area contributed by atoms with Crippen LogP contribution in [0, 0.1) is 5.82 Å². The van der Waals surface area contributed by atoms with Gasteiger partial charge in [0.25, 0.3) is 5.91 Å². The minimum Gasteiger partial charge on any atom is -0.469 e. The zero-order valence-corrected chi connectivity index (χ0v) is 12.0. The van der Waals surface area contributed by atoms with Crippen LogP contribution in [0.4, 0.5) is 10.1 Å². The van der Waals surface area contributed by atoms with E-state index in [1.165, 1.54) is 25.3 Å². The molecule has 5 nitrogen and oxygen atoms in total. The predicted molar refractivity (Wildman–Crippen MR) is 76.1 cm³/mol. The van der Waals surface area contributed by atoms with Crippen molar-refractivity contribution < 1.29 is 18.7 Å². The molecular weight excluding hydrogens is 275 g/mol. The van der Waals surface area contributed by atoms with Crippen molar-refractivity contribution in [2.24, 2.45) is 0 Å². The Morgan fingerprint density at radius 2 is 2.19 bits per heavy atom. The van der Waals surface area contributed by atoms with Gasteiger partial charge in [0.1, 0.15) is 5.82 Å². The molecule has 1 aliphatic heterocycles. The molecule has 1 unspecified atom stereocenters. The van der Waals surface area contributed by atoms with Crippen molar-refractivity contribution >= 4 is 17.6 Å². The van der Waals surface area contributed by atoms with E-state index in [0.717, 1.165) is 19.3 Å². The number of esters is 1. The lowest BCUT2D eigenvalue weighted by molar-refractivity contribution is -0.142. The van der Waals surface area contributed by atoms with Gasteiger partial charge in [-0.15, -0.1) is 0 Å². The molecule has 0 saturated carbocycles. The topological polar surface area (TPSA) is 72.6 Å². The minimum atomic E-state index is -0.609. The Labute approximate surface area is 122 Å². The second kappa shape index (κ2) is 6.56. The number of nitrogen functional groups attached to an aromatic ring is 1. The number of benzene rings is 1. The summed E-state index contributed by atoms with van der Waals surface area (Å²) in [7, 11) is 1.32. The lowest BCUT2D eigenvalue weighted by Crippen LogP contribution is -2.45. The summed E-state index contributed by atoms with van der Waals surface area (Å²) in [6.07, 6.45) is 2.69. The molecule has 2 rings (SSSR count). The Bertz CT molecular complexity index is 548. The highest BCUT2D eigenvalue weighted by atomic mass is 19.1. The fourth-order valence-electron chi connectivity index (χ4n) is 2.63. The number of anilines is 1. The Morgan fingerprint density at radius 3 is 2.90 bits per heavy atom. The van der Waals surface area contributed by atoms with E-state index in [0.29, 0.717) is 6.54 Å². The summed E-state index contributed by atoms with van der Waals surface area (Å²) in [5.74, 6) is -1.30. The normalized spacial score (nSPS) is 18.4. The quantitative estimate of drug-likeness (QED) is 0.683. The van der Waals surface area contributed by atoms with Gasteiger partial charge >= 0.3 is 5.97 Å². The molecule has 1 amide bonds. The van der Waals surface area contributed by atoms with Crippen LogP contribution in [0.2, 0.25) is 0 Å². The maximum Gasteiger partial charge on any atom is 0.307 e. The highest BCUT2D eigenvalue weighted by Crippen LogP contribution is 2.25. The fourth-order valence-corrected chi connectivity index (χ4v) is 2.63. The Kier molecular flexibility index (Phi) is 4.77. The Morgan fingerprint density at radius 1 is 1.43 bits per heavy atom. The molecule has 1 aliphatic rings. The maximum absolute atomic E-state index is 13.5. The van der Waals surface area contributed by atoms with Crippen molar-refractivity contribution in [2.75, 3.05) is 19.4 Å². The molecule has 1 fully saturated rings. The van der Waals surface area contributed by atoms with Crippen molar-refractivity contribution in [1.29, 1.82) is 0 Å². The number of rotatable bonds is 3. The van der Waals surface area contributed by atoms with Crippen LogP contribution in [-0.2, 0) is 9.53 Å². The summed E-state index contributed by atoms with van der Waals surface area (Å²) >= 11 is 0. The van der Waals surface area contributed by atoms with Crippen LogP contribution >= 0.6 is 0 Å². The Balaban J connectivity index is 2.22. The van der Waals surface area contributed by atoms with Crippen molar-refractivity contribution in [2.45, 2.75) is 31.7 Å². The van der Waals surface area contributed by atoms with Crippen LogP contribution < -0.4 is 5.73 Å².